The third-order valence-electron chi connectivity index (χ3n) is 5.68. The molecule has 0 radical (unpaired) electrons. The van der Waals surface area contributed by atoms with E-state index in [-0.39, 0.29) is 5.56 Å². The van der Waals surface area contributed by atoms with Crippen LogP contribution in [0.2, 0.25) is 10.0 Å². The molecule has 152 valence electrons. The zero-order valence-electron chi connectivity index (χ0n) is 16.5. The van der Waals surface area contributed by atoms with Gasteiger partial charge in [-0.15, -0.1) is 11.3 Å². The van der Waals surface area contributed by atoms with Crippen molar-refractivity contribution in [3.8, 4) is 11.4 Å². The van der Waals surface area contributed by atoms with Crippen LogP contribution in [0.25, 0.3) is 21.6 Å². The quantitative estimate of drug-likeness (QED) is 0.346. The highest BCUT2D eigenvalue weighted by atomic mass is 35.5. The van der Waals surface area contributed by atoms with Gasteiger partial charge in [0.2, 0.25) is 0 Å². The summed E-state index contributed by atoms with van der Waals surface area (Å²) in [5, 5.41) is 1.79. The van der Waals surface area contributed by atoms with Gasteiger partial charge in [0, 0.05) is 10.4 Å². The lowest BCUT2D eigenvalue weighted by Gasteiger charge is -2.15. The summed E-state index contributed by atoms with van der Waals surface area (Å²) in [6.07, 6.45) is 4.32. The number of thiophene rings is 1. The maximum Gasteiger partial charge on any atom is 0.263 e. The van der Waals surface area contributed by atoms with Gasteiger partial charge in [-0.05, 0) is 61.9 Å². The first kappa shape index (κ1) is 19.8. The zero-order chi connectivity index (χ0) is 20.8. The molecule has 2 aromatic carbocycles. The van der Waals surface area contributed by atoms with Crippen molar-refractivity contribution in [2.45, 2.75) is 39.2 Å². The first-order valence-corrected chi connectivity index (χ1v) is 11.6. The third-order valence-corrected chi connectivity index (χ3v) is 7.60. The molecular weight excluding hydrogens is 435 g/mol. The van der Waals surface area contributed by atoms with Crippen molar-refractivity contribution >= 4 is 44.8 Å². The van der Waals surface area contributed by atoms with Gasteiger partial charge in [-0.25, -0.2) is 4.98 Å². The van der Waals surface area contributed by atoms with Crippen molar-refractivity contribution in [1.82, 2.24) is 9.55 Å². The average Bonchev–Trinajstić information content (AvgIpc) is 3.11. The van der Waals surface area contributed by atoms with Crippen LogP contribution in [-0.4, -0.2) is 9.55 Å². The largest absolute Gasteiger partial charge is 0.288 e. The number of aryl methyl sites for hydroxylation is 3. The summed E-state index contributed by atoms with van der Waals surface area (Å²) in [6, 6.07) is 13.6. The summed E-state index contributed by atoms with van der Waals surface area (Å²) >= 11 is 14.0. The molecule has 4 aromatic rings. The second-order valence-corrected chi connectivity index (χ2v) is 9.73. The van der Waals surface area contributed by atoms with Crippen molar-refractivity contribution in [3.63, 3.8) is 0 Å². The fourth-order valence-corrected chi connectivity index (χ4v) is 5.78. The first-order chi connectivity index (χ1) is 14.5. The Hall–Kier alpha value is -2.14. The fraction of sp³-hybridized carbons (Fsp3) is 0.250. The Bertz CT molecular complexity index is 1340. The Morgan fingerprint density at radius 1 is 1.07 bits per heavy atom. The van der Waals surface area contributed by atoms with E-state index in [0.29, 0.717) is 22.4 Å². The summed E-state index contributed by atoms with van der Waals surface area (Å²) in [5.74, 6) is 0.695. The Morgan fingerprint density at radius 3 is 2.70 bits per heavy atom. The molecule has 2 aromatic heterocycles. The van der Waals surface area contributed by atoms with Crippen LogP contribution in [0.1, 0.15) is 34.4 Å². The van der Waals surface area contributed by atoms with Crippen molar-refractivity contribution in [2.24, 2.45) is 0 Å². The van der Waals surface area contributed by atoms with Crippen molar-refractivity contribution in [1.29, 1.82) is 0 Å². The van der Waals surface area contributed by atoms with Gasteiger partial charge >= 0.3 is 0 Å². The summed E-state index contributed by atoms with van der Waals surface area (Å²) in [7, 11) is 0. The van der Waals surface area contributed by atoms with Crippen molar-refractivity contribution in [2.75, 3.05) is 0 Å². The number of halogens is 2. The maximum absolute atomic E-state index is 13.8. The maximum atomic E-state index is 13.8. The van der Waals surface area contributed by atoms with Gasteiger partial charge in [0.15, 0.2) is 0 Å². The molecule has 1 aliphatic carbocycles. The minimum Gasteiger partial charge on any atom is -0.288 e. The Balaban J connectivity index is 1.76. The summed E-state index contributed by atoms with van der Waals surface area (Å²) in [4.78, 5) is 21.0. The van der Waals surface area contributed by atoms with Crippen molar-refractivity contribution < 1.29 is 0 Å². The highest BCUT2D eigenvalue weighted by molar-refractivity contribution is 7.18. The monoisotopic (exact) mass is 454 g/mol. The molecule has 2 heterocycles. The molecule has 30 heavy (non-hydrogen) atoms. The summed E-state index contributed by atoms with van der Waals surface area (Å²) < 4.78 is 1.79. The normalized spacial score (nSPS) is 13.6. The molecule has 0 N–H and O–H groups in total. The lowest BCUT2D eigenvalue weighted by atomic mass is 9.97. The number of fused-ring (bicyclic) bond motifs is 3. The van der Waals surface area contributed by atoms with Gasteiger partial charge in [0.25, 0.3) is 5.56 Å². The fourth-order valence-electron chi connectivity index (χ4n) is 4.21. The molecular formula is C24H20Cl2N2OS. The third kappa shape index (κ3) is 3.47. The second-order valence-electron chi connectivity index (χ2n) is 7.84. The molecule has 3 nitrogen and oxygen atoms in total. The van der Waals surface area contributed by atoms with Gasteiger partial charge in [0.05, 0.1) is 22.0 Å². The van der Waals surface area contributed by atoms with Crippen LogP contribution in [0.5, 0.6) is 0 Å². The number of nitrogens with zero attached hydrogens (tertiary/aromatic N) is 2. The van der Waals surface area contributed by atoms with E-state index in [4.69, 9.17) is 28.2 Å². The molecule has 1 aliphatic rings. The standard InChI is InChI=1S/C24H20Cl2N2OS/c1-14-5-4-6-16(11-14)22-27-23-21(17-7-2-3-8-20(17)30-23)24(29)28(22)13-15-9-10-18(25)19(26)12-15/h4-6,9-12H,2-3,7-8,13H2,1H3. The smallest absolute Gasteiger partial charge is 0.263 e. The van der Waals surface area contributed by atoms with Crippen LogP contribution in [0.3, 0.4) is 0 Å². The molecule has 0 amide bonds. The van der Waals surface area contributed by atoms with E-state index in [1.165, 1.54) is 16.9 Å². The van der Waals surface area contributed by atoms with Crippen molar-refractivity contribution in [3.05, 3.63) is 84.4 Å². The van der Waals surface area contributed by atoms with Gasteiger partial charge < -0.3 is 0 Å². The molecule has 5 rings (SSSR count). The van der Waals surface area contributed by atoms with E-state index in [1.807, 2.05) is 37.3 Å². The van der Waals surface area contributed by atoms with Crippen LogP contribution < -0.4 is 5.56 Å². The zero-order valence-corrected chi connectivity index (χ0v) is 18.9. The average molecular weight is 455 g/mol. The number of benzene rings is 2. The SMILES string of the molecule is Cc1cccc(-c2nc3sc4c(c3c(=O)n2Cc2ccc(Cl)c(Cl)c2)CCCC4)c1. The molecule has 6 heteroatoms. The van der Waals surface area contributed by atoms with E-state index in [9.17, 15) is 4.79 Å². The second kappa shape index (κ2) is 7.84. The number of aromatic nitrogens is 2. The predicted molar refractivity (Wildman–Crippen MR) is 126 cm³/mol. The Morgan fingerprint density at radius 2 is 1.90 bits per heavy atom. The Labute approximate surface area is 188 Å². The molecule has 0 aliphatic heterocycles. The van der Waals surface area contributed by atoms with Gasteiger partial charge in [-0.2, -0.15) is 0 Å². The number of hydrogen-bond donors (Lipinski definition) is 0. The predicted octanol–water partition coefficient (Wildman–Crippen LogP) is 6.67. The molecule has 0 saturated heterocycles. The molecule has 0 atom stereocenters. The minimum atomic E-state index is 0.0296. The lowest BCUT2D eigenvalue weighted by molar-refractivity contribution is 0.698. The van der Waals surface area contributed by atoms with Crippen LogP contribution in [0.4, 0.5) is 0 Å². The van der Waals surface area contributed by atoms with Gasteiger partial charge in [-0.1, -0.05) is 53.0 Å². The van der Waals surface area contributed by atoms with Crippen LogP contribution in [0, 0.1) is 6.92 Å². The highest BCUT2D eigenvalue weighted by Gasteiger charge is 2.22. The van der Waals surface area contributed by atoms with E-state index in [2.05, 4.69) is 6.07 Å². The topological polar surface area (TPSA) is 34.9 Å². The molecule has 0 spiro atoms. The number of hydrogen-bond acceptors (Lipinski definition) is 3. The molecule has 0 bridgehead atoms. The minimum absolute atomic E-state index is 0.0296. The Kier molecular flexibility index (Phi) is 5.18. The van der Waals surface area contributed by atoms with E-state index >= 15 is 0 Å². The highest BCUT2D eigenvalue weighted by Crippen LogP contribution is 2.35. The summed E-state index contributed by atoms with van der Waals surface area (Å²) in [5.41, 5.74) is 4.24. The van der Waals surface area contributed by atoms with Gasteiger partial charge in [-0.3, -0.25) is 9.36 Å². The summed E-state index contributed by atoms with van der Waals surface area (Å²) in [6.45, 7) is 2.44. The molecule has 0 fully saturated rings. The van der Waals surface area contributed by atoms with E-state index in [0.717, 1.165) is 46.2 Å². The van der Waals surface area contributed by atoms with Gasteiger partial charge in [0.1, 0.15) is 10.7 Å². The molecule has 0 saturated carbocycles. The number of rotatable bonds is 3. The lowest BCUT2D eigenvalue weighted by Crippen LogP contribution is -2.24. The molecule has 0 unspecified atom stereocenters. The first-order valence-electron chi connectivity index (χ1n) is 10.1. The van der Waals surface area contributed by atoms with E-state index in [1.54, 1.807) is 22.0 Å². The van der Waals surface area contributed by atoms with Crippen LogP contribution >= 0.6 is 34.5 Å². The van der Waals surface area contributed by atoms with Crippen LogP contribution in [-0.2, 0) is 19.4 Å². The van der Waals surface area contributed by atoms with E-state index < -0.39 is 0 Å². The van der Waals surface area contributed by atoms with Crippen LogP contribution in [0.15, 0.2) is 47.3 Å².